The van der Waals surface area contributed by atoms with E-state index in [0.717, 1.165) is 37.7 Å². The monoisotopic (exact) mass is 273 g/mol. The molecule has 1 aromatic carbocycles. The second-order valence-electron chi connectivity index (χ2n) is 6.11. The third-order valence-corrected chi connectivity index (χ3v) is 4.40. The molecular weight excluding hydrogens is 250 g/mol. The number of nitrogens with two attached hydrogens (primary N) is 1. The molecule has 1 amide bonds. The van der Waals surface area contributed by atoms with Gasteiger partial charge in [-0.05, 0) is 43.4 Å². The van der Waals surface area contributed by atoms with E-state index >= 15 is 0 Å². The molecule has 0 bridgehead atoms. The van der Waals surface area contributed by atoms with Crippen molar-refractivity contribution >= 4 is 11.6 Å². The normalized spacial score (nSPS) is 20.1. The van der Waals surface area contributed by atoms with Crippen molar-refractivity contribution in [3.05, 3.63) is 29.3 Å². The van der Waals surface area contributed by atoms with Crippen LogP contribution < -0.4 is 5.73 Å². The summed E-state index contributed by atoms with van der Waals surface area (Å²) in [5.74, 6) is 1.04. The first kappa shape index (κ1) is 13.4. The highest BCUT2D eigenvalue weighted by atomic mass is 16.2. The van der Waals surface area contributed by atoms with Crippen molar-refractivity contribution in [2.45, 2.75) is 19.8 Å². The van der Waals surface area contributed by atoms with Crippen LogP contribution in [0.15, 0.2) is 18.2 Å². The number of piperazine rings is 1. The summed E-state index contributed by atoms with van der Waals surface area (Å²) < 4.78 is 0. The van der Waals surface area contributed by atoms with Crippen LogP contribution in [0.25, 0.3) is 0 Å². The standard InChI is InChI=1S/C16H23N3O/c1-12-2-5-14(10-15(12)17)16(20)19-8-6-18(7-9-19)11-13-3-4-13/h2,5,10,13H,3-4,6-9,11,17H2,1H3. The van der Waals surface area contributed by atoms with Crippen molar-refractivity contribution in [1.82, 2.24) is 9.80 Å². The Morgan fingerprint density at radius 1 is 1.25 bits per heavy atom. The summed E-state index contributed by atoms with van der Waals surface area (Å²) in [6, 6.07) is 5.60. The van der Waals surface area contributed by atoms with Crippen LogP contribution in [0.5, 0.6) is 0 Å². The molecule has 0 spiro atoms. The van der Waals surface area contributed by atoms with Gasteiger partial charge in [0.1, 0.15) is 0 Å². The second kappa shape index (κ2) is 5.44. The van der Waals surface area contributed by atoms with Crippen LogP contribution >= 0.6 is 0 Å². The van der Waals surface area contributed by atoms with E-state index in [2.05, 4.69) is 4.90 Å². The highest BCUT2D eigenvalue weighted by molar-refractivity contribution is 5.95. The number of hydrogen-bond acceptors (Lipinski definition) is 3. The van der Waals surface area contributed by atoms with E-state index in [4.69, 9.17) is 5.73 Å². The van der Waals surface area contributed by atoms with Gasteiger partial charge in [-0.15, -0.1) is 0 Å². The Hall–Kier alpha value is -1.55. The minimum absolute atomic E-state index is 0.114. The van der Waals surface area contributed by atoms with E-state index in [0.29, 0.717) is 11.3 Å². The number of hydrogen-bond donors (Lipinski definition) is 1. The van der Waals surface area contributed by atoms with Crippen LogP contribution in [-0.2, 0) is 0 Å². The van der Waals surface area contributed by atoms with Crippen LogP contribution in [0.4, 0.5) is 5.69 Å². The van der Waals surface area contributed by atoms with E-state index in [-0.39, 0.29) is 5.91 Å². The van der Waals surface area contributed by atoms with Crippen LogP contribution in [0.2, 0.25) is 0 Å². The lowest BCUT2D eigenvalue weighted by atomic mass is 10.1. The molecule has 1 aromatic rings. The predicted octanol–water partition coefficient (Wildman–Crippen LogP) is 1.75. The summed E-state index contributed by atoms with van der Waals surface area (Å²) in [5.41, 5.74) is 8.33. The lowest BCUT2D eigenvalue weighted by Gasteiger charge is -2.34. The number of nitrogens with zero attached hydrogens (tertiary/aromatic N) is 2. The Morgan fingerprint density at radius 3 is 2.55 bits per heavy atom. The molecular formula is C16H23N3O. The van der Waals surface area contributed by atoms with Crippen molar-refractivity contribution in [2.75, 3.05) is 38.5 Å². The molecule has 108 valence electrons. The first-order chi connectivity index (χ1) is 9.63. The molecule has 0 radical (unpaired) electrons. The van der Waals surface area contributed by atoms with Crippen LogP contribution in [0.3, 0.4) is 0 Å². The number of amides is 1. The number of carbonyl (C=O) groups excluding carboxylic acids is 1. The zero-order chi connectivity index (χ0) is 14.1. The molecule has 3 rings (SSSR count). The fourth-order valence-corrected chi connectivity index (χ4v) is 2.76. The summed E-state index contributed by atoms with van der Waals surface area (Å²) >= 11 is 0. The summed E-state index contributed by atoms with van der Waals surface area (Å²) in [6.45, 7) is 6.85. The van der Waals surface area contributed by atoms with Crippen molar-refractivity contribution in [3.63, 3.8) is 0 Å². The molecule has 0 aromatic heterocycles. The van der Waals surface area contributed by atoms with Crippen molar-refractivity contribution in [1.29, 1.82) is 0 Å². The fraction of sp³-hybridized carbons (Fsp3) is 0.562. The molecule has 2 aliphatic rings. The molecule has 1 saturated carbocycles. The third-order valence-electron chi connectivity index (χ3n) is 4.40. The predicted molar refractivity (Wildman–Crippen MR) is 80.7 cm³/mol. The van der Waals surface area contributed by atoms with E-state index in [1.807, 2.05) is 24.0 Å². The van der Waals surface area contributed by atoms with Crippen LogP contribution in [0, 0.1) is 12.8 Å². The lowest BCUT2D eigenvalue weighted by molar-refractivity contribution is 0.0632. The number of carbonyl (C=O) groups is 1. The van der Waals surface area contributed by atoms with Crippen LogP contribution in [-0.4, -0.2) is 48.4 Å². The molecule has 0 atom stereocenters. The quantitative estimate of drug-likeness (QED) is 0.854. The van der Waals surface area contributed by atoms with Gasteiger partial charge in [-0.25, -0.2) is 0 Å². The fourth-order valence-electron chi connectivity index (χ4n) is 2.76. The summed E-state index contributed by atoms with van der Waals surface area (Å²) in [7, 11) is 0. The molecule has 1 aliphatic carbocycles. The number of rotatable bonds is 3. The largest absolute Gasteiger partial charge is 0.398 e. The molecule has 2 fully saturated rings. The molecule has 1 saturated heterocycles. The summed E-state index contributed by atoms with van der Waals surface area (Å²) in [6.07, 6.45) is 2.78. The van der Waals surface area contributed by atoms with Crippen LogP contribution in [0.1, 0.15) is 28.8 Å². The van der Waals surface area contributed by atoms with Gasteiger partial charge < -0.3 is 10.6 Å². The molecule has 0 unspecified atom stereocenters. The van der Waals surface area contributed by atoms with E-state index < -0.39 is 0 Å². The Labute approximate surface area is 120 Å². The molecule has 20 heavy (non-hydrogen) atoms. The maximum Gasteiger partial charge on any atom is 0.254 e. The van der Waals surface area contributed by atoms with Gasteiger partial charge in [-0.3, -0.25) is 9.69 Å². The number of benzene rings is 1. The van der Waals surface area contributed by atoms with Crippen molar-refractivity contribution in [2.24, 2.45) is 5.92 Å². The summed E-state index contributed by atoms with van der Waals surface area (Å²) in [4.78, 5) is 16.9. The molecule has 4 nitrogen and oxygen atoms in total. The van der Waals surface area contributed by atoms with Gasteiger partial charge in [0.25, 0.3) is 5.91 Å². The number of nitrogen functional groups attached to an aromatic ring is 1. The third kappa shape index (κ3) is 2.96. The van der Waals surface area contributed by atoms with Gasteiger partial charge in [-0.2, -0.15) is 0 Å². The van der Waals surface area contributed by atoms with Crippen molar-refractivity contribution < 1.29 is 4.79 Å². The average molecular weight is 273 g/mol. The van der Waals surface area contributed by atoms with E-state index in [1.54, 1.807) is 6.07 Å². The minimum Gasteiger partial charge on any atom is -0.398 e. The lowest BCUT2D eigenvalue weighted by Crippen LogP contribution is -2.49. The smallest absolute Gasteiger partial charge is 0.254 e. The zero-order valence-electron chi connectivity index (χ0n) is 12.1. The SMILES string of the molecule is Cc1ccc(C(=O)N2CCN(CC3CC3)CC2)cc1N. The van der Waals surface area contributed by atoms with Gasteiger partial charge in [0.15, 0.2) is 0 Å². The second-order valence-corrected chi connectivity index (χ2v) is 6.11. The number of aryl methyl sites for hydroxylation is 1. The van der Waals surface area contributed by atoms with Gasteiger partial charge >= 0.3 is 0 Å². The highest BCUT2D eigenvalue weighted by Crippen LogP contribution is 2.30. The van der Waals surface area contributed by atoms with E-state index in [9.17, 15) is 4.79 Å². The van der Waals surface area contributed by atoms with Gasteiger partial charge in [-0.1, -0.05) is 6.07 Å². The average Bonchev–Trinajstić information content (AvgIpc) is 3.26. The Morgan fingerprint density at radius 2 is 1.95 bits per heavy atom. The molecule has 1 heterocycles. The molecule has 4 heteroatoms. The maximum atomic E-state index is 12.5. The van der Waals surface area contributed by atoms with E-state index in [1.165, 1.54) is 19.4 Å². The van der Waals surface area contributed by atoms with Gasteiger partial charge in [0.05, 0.1) is 0 Å². The molecule has 1 aliphatic heterocycles. The minimum atomic E-state index is 0.114. The number of anilines is 1. The topological polar surface area (TPSA) is 49.6 Å². The van der Waals surface area contributed by atoms with Crippen molar-refractivity contribution in [3.8, 4) is 0 Å². The maximum absolute atomic E-state index is 12.5. The Balaban J connectivity index is 1.58. The Kier molecular flexibility index (Phi) is 3.66. The van der Waals surface area contributed by atoms with Gasteiger partial charge in [0, 0.05) is 44.0 Å². The zero-order valence-corrected chi connectivity index (χ0v) is 12.1. The highest BCUT2D eigenvalue weighted by Gasteiger charge is 2.27. The molecule has 2 N–H and O–H groups in total. The first-order valence-electron chi connectivity index (χ1n) is 7.51. The Bertz CT molecular complexity index is 502. The first-order valence-corrected chi connectivity index (χ1v) is 7.51. The summed E-state index contributed by atoms with van der Waals surface area (Å²) in [5, 5.41) is 0. The van der Waals surface area contributed by atoms with Gasteiger partial charge in [0.2, 0.25) is 0 Å².